The smallest absolute Gasteiger partial charge is 0.255 e. The van der Waals surface area contributed by atoms with E-state index in [0.717, 1.165) is 5.56 Å². The van der Waals surface area contributed by atoms with Crippen LogP contribution >= 0.6 is 0 Å². The molecule has 0 atom stereocenters. The van der Waals surface area contributed by atoms with Crippen LogP contribution in [0.5, 0.6) is 0 Å². The Labute approximate surface area is 194 Å². The largest absolute Gasteiger partial charge is 0.322 e. The molecular weight excluding hydrogens is 438 g/mol. The van der Waals surface area contributed by atoms with Gasteiger partial charge < -0.3 is 10.6 Å². The van der Waals surface area contributed by atoms with Crippen LogP contribution in [0.4, 0.5) is 11.4 Å². The van der Waals surface area contributed by atoms with Crippen molar-refractivity contribution in [2.75, 3.05) is 23.7 Å². The van der Waals surface area contributed by atoms with Gasteiger partial charge in [-0.2, -0.15) is 4.31 Å². The zero-order valence-corrected chi connectivity index (χ0v) is 19.6. The molecule has 0 fully saturated rings. The summed E-state index contributed by atoms with van der Waals surface area (Å²) in [6.07, 6.45) is 0. The number of rotatable bonds is 8. The van der Waals surface area contributed by atoms with Gasteiger partial charge in [-0.3, -0.25) is 9.59 Å². The molecule has 3 rings (SSSR count). The molecule has 0 aliphatic carbocycles. The van der Waals surface area contributed by atoms with Crippen LogP contribution in [-0.2, 0) is 10.0 Å². The monoisotopic (exact) mass is 465 g/mol. The predicted octanol–water partition coefficient (Wildman–Crippen LogP) is 4.53. The van der Waals surface area contributed by atoms with E-state index in [1.165, 1.54) is 16.4 Å². The topological polar surface area (TPSA) is 95.6 Å². The number of sulfonamides is 1. The summed E-state index contributed by atoms with van der Waals surface area (Å²) in [6.45, 7) is 6.18. The van der Waals surface area contributed by atoms with Crippen LogP contribution in [0.2, 0.25) is 0 Å². The number of nitrogens with zero attached hydrogens (tertiary/aromatic N) is 1. The van der Waals surface area contributed by atoms with Crippen molar-refractivity contribution >= 4 is 33.2 Å². The second-order valence-corrected chi connectivity index (χ2v) is 9.36. The Bertz CT molecular complexity index is 1240. The number of carbonyl (C=O) groups is 2. The number of hydrogen-bond donors (Lipinski definition) is 2. The Hall–Kier alpha value is -3.49. The molecule has 0 aliphatic rings. The van der Waals surface area contributed by atoms with Crippen LogP contribution < -0.4 is 10.6 Å². The summed E-state index contributed by atoms with van der Waals surface area (Å²) in [6, 6.07) is 19.9. The Morgan fingerprint density at radius 3 is 2.00 bits per heavy atom. The van der Waals surface area contributed by atoms with Crippen LogP contribution in [0.25, 0.3) is 0 Å². The van der Waals surface area contributed by atoms with Gasteiger partial charge in [-0.1, -0.05) is 38.1 Å². The van der Waals surface area contributed by atoms with Crippen molar-refractivity contribution in [2.24, 2.45) is 0 Å². The summed E-state index contributed by atoms with van der Waals surface area (Å²) in [5.74, 6) is -0.634. The van der Waals surface area contributed by atoms with Gasteiger partial charge in [0.05, 0.1) is 4.90 Å². The van der Waals surface area contributed by atoms with E-state index in [1.807, 2.05) is 13.0 Å². The molecule has 0 radical (unpaired) electrons. The summed E-state index contributed by atoms with van der Waals surface area (Å²) in [4.78, 5) is 25.4. The maximum atomic E-state index is 12.8. The van der Waals surface area contributed by atoms with Crippen molar-refractivity contribution in [3.63, 3.8) is 0 Å². The van der Waals surface area contributed by atoms with Crippen molar-refractivity contribution in [1.29, 1.82) is 0 Å². The lowest BCUT2D eigenvalue weighted by Gasteiger charge is -2.18. The van der Waals surface area contributed by atoms with E-state index in [2.05, 4.69) is 10.6 Å². The fourth-order valence-electron chi connectivity index (χ4n) is 3.31. The third-order valence-corrected chi connectivity index (χ3v) is 7.30. The second kappa shape index (κ2) is 10.4. The van der Waals surface area contributed by atoms with E-state index in [4.69, 9.17) is 0 Å². The average Bonchev–Trinajstić information content (AvgIpc) is 2.82. The van der Waals surface area contributed by atoms with Crippen LogP contribution in [0.15, 0.2) is 77.7 Å². The van der Waals surface area contributed by atoms with Gasteiger partial charge in [0.1, 0.15) is 0 Å². The average molecular weight is 466 g/mol. The highest BCUT2D eigenvalue weighted by atomic mass is 32.2. The number of carbonyl (C=O) groups excluding carboxylic acids is 2. The Balaban J connectivity index is 1.74. The molecule has 8 heteroatoms. The van der Waals surface area contributed by atoms with Gasteiger partial charge in [-0.25, -0.2) is 8.42 Å². The summed E-state index contributed by atoms with van der Waals surface area (Å²) in [5, 5.41) is 5.61. The van der Waals surface area contributed by atoms with Gasteiger partial charge in [-0.05, 0) is 61.0 Å². The summed E-state index contributed by atoms with van der Waals surface area (Å²) in [7, 11) is -3.56. The minimum Gasteiger partial charge on any atom is -0.322 e. The Morgan fingerprint density at radius 1 is 0.788 bits per heavy atom. The van der Waals surface area contributed by atoms with Crippen LogP contribution in [0, 0.1) is 6.92 Å². The van der Waals surface area contributed by atoms with Gasteiger partial charge in [0.2, 0.25) is 10.0 Å². The summed E-state index contributed by atoms with van der Waals surface area (Å²) >= 11 is 0. The summed E-state index contributed by atoms with van der Waals surface area (Å²) in [5.41, 5.74) is 2.71. The number of aryl methyl sites for hydroxylation is 1. The lowest BCUT2D eigenvalue weighted by Crippen LogP contribution is -2.30. The molecule has 33 heavy (non-hydrogen) atoms. The maximum absolute atomic E-state index is 12.8. The first kappa shape index (κ1) is 24.2. The summed E-state index contributed by atoms with van der Waals surface area (Å²) < 4.78 is 26.6. The van der Waals surface area contributed by atoms with Crippen molar-refractivity contribution in [3.8, 4) is 0 Å². The minimum atomic E-state index is -3.56. The van der Waals surface area contributed by atoms with Gasteiger partial charge in [0, 0.05) is 35.6 Å². The zero-order chi connectivity index (χ0) is 24.0. The number of hydrogen-bond acceptors (Lipinski definition) is 4. The highest BCUT2D eigenvalue weighted by molar-refractivity contribution is 7.89. The Morgan fingerprint density at radius 2 is 1.39 bits per heavy atom. The second-order valence-electron chi connectivity index (χ2n) is 7.42. The third kappa shape index (κ3) is 5.66. The number of benzene rings is 3. The fourth-order valence-corrected chi connectivity index (χ4v) is 4.77. The molecule has 3 aromatic rings. The molecule has 0 heterocycles. The molecular formula is C25H27N3O4S. The van der Waals surface area contributed by atoms with Crippen molar-refractivity contribution in [3.05, 3.63) is 89.5 Å². The van der Waals surface area contributed by atoms with E-state index < -0.39 is 10.0 Å². The molecule has 3 aromatic carbocycles. The number of nitrogens with one attached hydrogen (secondary N) is 2. The van der Waals surface area contributed by atoms with E-state index in [9.17, 15) is 18.0 Å². The molecule has 0 aliphatic heterocycles. The molecule has 0 saturated heterocycles. The lowest BCUT2D eigenvalue weighted by atomic mass is 10.1. The van der Waals surface area contributed by atoms with Crippen molar-refractivity contribution < 1.29 is 18.0 Å². The molecule has 7 nitrogen and oxygen atoms in total. The fraction of sp³-hybridized carbons (Fsp3) is 0.200. The minimum absolute atomic E-state index is 0.172. The molecule has 0 spiro atoms. The first-order chi connectivity index (χ1) is 15.8. The van der Waals surface area contributed by atoms with E-state index in [-0.39, 0.29) is 16.7 Å². The molecule has 0 unspecified atom stereocenters. The van der Waals surface area contributed by atoms with Gasteiger partial charge in [0.25, 0.3) is 11.8 Å². The highest BCUT2D eigenvalue weighted by Crippen LogP contribution is 2.21. The molecule has 0 aromatic heterocycles. The Kier molecular flexibility index (Phi) is 7.63. The normalized spacial score (nSPS) is 11.3. The molecule has 2 amide bonds. The van der Waals surface area contributed by atoms with E-state index >= 15 is 0 Å². The van der Waals surface area contributed by atoms with E-state index in [1.54, 1.807) is 68.4 Å². The first-order valence-corrected chi connectivity index (χ1v) is 12.1. The van der Waals surface area contributed by atoms with Crippen LogP contribution in [-0.4, -0.2) is 37.6 Å². The van der Waals surface area contributed by atoms with Crippen molar-refractivity contribution in [2.45, 2.75) is 25.7 Å². The van der Waals surface area contributed by atoms with Crippen LogP contribution in [0.3, 0.4) is 0 Å². The molecule has 0 saturated carbocycles. The molecule has 2 N–H and O–H groups in total. The zero-order valence-electron chi connectivity index (χ0n) is 18.8. The number of amides is 2. The van der Waals surface area contributed by atoms with Gasteiger partial charge in [-0.15, -0.1) is 0 Å². The van der Waals surface area contributed by atoms with Crippen LogP contribution in [0.1, 0.15) is 40.1 Å². The quantitative estimate of drug-likeness (QED) is 0.511. The first-order valence-electron chi connectivity index (χ1n) is 10.6. The van der Waals surface area contributed by atoms with Crippen molar-refractivity contribution in [1.82, 2.24) is 4.31 Å². The molecule has 172 valence electrons. The third-order valence-electron chi connectivity index (χ3n) is 5.24. The predicted molar refractivity (Wildman–Crippen MR) is 130 cm³/mol. The number of anilines is 2. The molecule has 0 bridgehead atoms. The SMILES string of the molecule is CCN(CC)S(=O)(=O)c1ccc(NC(=O)c2ccc(C)c(NC(=O)c3ccccc3)c2)cc1. The van der Waals surface area contributed by atoms with E-state index in [0.29, 0.717) is 35.6 Å². The maximum Gasteiger partial charge on any atom is 0.255 e. The standard InChI is InChI=1S/C25H27N3O4S/c1-4-28(5-2)33(31,32)22-15-13-21(14-16-22)26-25(30)20-12-11-18(3)23(17-20)27-24(29)19-9-7-6-8-10-19/h6-17H,4-5H2,1-3H3,(H,26,30)(H,27,29). The lowest BCUT2D eigenvalue weighted by molar-refractivity contribution is 0.101. The van der Waals surface area contributed by atoms with Gasteiger partial charge in [0.15, 0.2) is 0 Å². The van der Waals surface area contributed by atoms with Gasteiger partial charge >= 0.3 is 0 Å². The highest BCUT2D eigenvalue weighted by Gasteiger charge is 2.21.